The third-order valence-corrected chi connectivity index (χ3v) is 18.1. The lowest BCUT2D eigenvalue weighted by atomic mass is 9.45. The maximum absolute atomic E-state index is 16.1. The fraction of sp³-hybridized carbons (Fsp3) is 0.857. The number of ether oxygens (including phenoxy) is 3. The fourth-order valence-corrected chi connectivity index (χ4v) is 13.7. The highest BCUT2D eigenvalue weighted by atomic mass is 35.5. The van der Waals surface area contributed by atoms with Gasteiger partial charge in [0.25, 0.3) is 5.91 Å². The van der Waals surface area contributed by atoms with E-state index < -0.39 is 111 Å². The van der Waals surface area contributed by atoms with Gasteiger partial charge in [-0.05, 0) is 139 Å². The minimum atomic E-state index is -1.92. The zero-order chi connectivity index (χ0) is 47.3. The number of fused-ring (bicyclic) bond motifs is 5. The molecule has 4 aliphatic carbocycles. The van der Waals surface area contributed by atoms with Crippen LogP contribution in [-0.2, 0) is 28.6 Å². The van der Waals surface area contributed by atoms with Gasteiger partial charge in [-0.2, -0.15) is 0 Å². The van der Waals surface area contributed by atoms with E-state index in [2.05, 4.69) is 5.32 Å². The van der Waals surface area contributed by atoms with Crippen molar-refractivity contribution in [2.24, 2.45) is 40.4 Å². The van der Waals surface area contributed by atoms with E-state index in [0.717, 1.165) is 12.8 Å². The maximum atomic E-state index is 16.1. The second kappa shape index (κ2) is 19.5. The van der Waals surface area contributed by atoms with E-state index in [-0.39, 0.29) is 49.2 Å². The van der Waals surface area contributed by atoms with Crippen molar-refractivity contribution < 1.29 is 58.5 Å². The summed E-state index contributed by atoms with van der Waals surface area (Å²) in [5.74, 6) is -3.80. The largest absolute Gasteiger partial charge is 0.459 e. The topological polar surface area (TPSA) is 195 Å². The Morgan fingerprint density at radius 3 is 2.38 bits per heavy atom. The number of ketones is 1. The lowest BCUT2D eigenvalue weighted by Gasteiger charge is -2.64. The van der Waals surface area contributed by atoms with E-state index in [9.17, 15) is 39.9 Å². The molecule has 2 saturated heterocycles. The van der Waals surface area contributed by atoms with Crippen LogP contribution in [0.1, 0.15) is 133 Å². The van der Waals surface area contributed by atoms with Crippen molar-refractivity contribution in [3.63, 3.8) is 0 Å². The van der Waals surface area contributed by atoms with Gasteiger partial charge in [0.2, 0.25) is 0 Å². The molecule has 0 aromatic rings. The molecule has 0 spiro atoms. The predicted octanol–water partition coefficient (Wildman–Crippen LogP) is 5.30. The van der Waals surface area contributed by atoms with Crippen LogP contribution in [0.5, 0.6) is 0 Å². The molecule has 1 amide bonds. The standard InChI is InChI=1S/C49H78ClFN2O11/c1-10-39-47(9,60)42(57)31(6)53(20-12-15-37(55)41(27(2)22-28(3)43(58)63-39)64-40-16-11-14-30(5)62-40)21-13-19-52-44(59)49(61)29(4)23-33-34-25-36(51)35-24-32(54)17-18-45(35,7)48(34,50)38(56)26-46(33,49)8/h17-18,24,27-31,33-34,36-42,55-57,60-61H,10-16,19-23,25-26H2,1-9H3,(H,52,59)/t27-,28+,29+,30+,31+,33?,34?,36-,37+,38-,39+,40-,41?,42+,45-,46-,47+,48-,49-/m0/s1. The lowest BCUT2D eigenvalue weighted by Crippen LogP contribution is -2.70. The van der Waals surface area contributed by atoms with Gasteiger partial charge < -0.3 is 45.1 Å². The van der Waals surface area contributed by atoms with Gasteiger partial charge in [0.15, 0.2) is 17.7 Å². The van der Waals surface area contributed by atoms with Gasteiger partial charge in [-0.1, -0.05) is 47.6 Å². The number of nitrogens with zero attached hydrogens (tertiary/aromatic N) is 1. The van der Waals surface area contributed by atoms with Crippen LogP contribution in [0.2, 0.25) is 0 Å². The molecule has 13 nitrogen and oxygen atoms in total. The van der Waals surface area contributed by atoms with E-state index in [0.29, 0.717) is 51.6 Å². The fourth-order valence-electron chi connectivity index (χ4n) is 13.2. The van der Waals surface area contributed by atoms with Crippen molar-refractivity contribution in [2.45, 2.75) is 204 Å². The van der Waals surface area contributed by atoms with Crippen LogP contribution in [0.25, 0.3) is 0 Å². The number of aliphatic hydroxyl groups excluding tert-OH is 3. The number of cyclic esters (lactones) is 1. The van der Waals surface area contributed by atoms with Gasteiger partial charge >= 0.3 is 5.97 Å². The van der Waals surface area contributed by atoms with Crippen LogP contribution >= 0.6 is 11.6 Å². The molecule has 3 saturated carbocycles. The van der Waals surface area contributed by atoms with Crippen molar-refractivity contribution in [2.75, 3.05) is 19.6 Å². The Hall–Kier alpha value is -2.01. The number of carbonyl (C=O) groups excluding carboxylic acids is 3. The highest BCUT2D eigenvalue weighted by molar-refractivity contribution is 6.26. The van der Waals surface area contributed by atoms with Crippen LogP contribution in [0.15, 0.2) is 23.8 Å². The molecule has 3 unspecified atom stereocenters. The molecule has 15 heteroatoms. The van der Waals surface area contributed by atoms with Gasteiger partial charge in [0, 0.05) is 30.0 Å². The number of hydrogen-bond acceptors (Lipinski definition) is 12. The number of carbonyl (C=O) groups is 3. The molecule has 5 fully saturated rings. The van der Waals surface area contributed by atoms with Gasteiger partial charge in [-0.25, -0.2) is 4.39 Å². The highest BCUT2D eigenvalue weighted by Gasteiger charge is 2.75. The van der Waals surface area contributed by atoms with E-state index in [1.807, 2.05) is 18.7 Å². The Labute approximate surface area is 384 Å². The number of hydrogen-bond donors (Lipinski definition) is 6. The number of allylic oxidation sites excluding steroid dienone is 4. The Morgan fingerprint density at radius 2 is 1.70 bits per heavy atom. The summed E-state index contributed by atoms with van der Waals surface area (Å²) < 4.78 is 34.6. The first-order valence-electron chi connectivity index (χ1n) is 24.2. The summed E-state index contributed by atoms with van der Waals surface area (Å²) >= 11 is 7.51. The van der Waals surface area contributed by atoms with Crippen LogP contribution in [-0.4, -0.2) is 139 Å². The van der Waals surface area contributed by atoms with Gasteiger partial charge in [0.1, 0.15) is 24.0 Å². The number of alkyl halides is 2. The van der Waals surface area contributed by atoms with Crippen molar-refractivity contribution in [1.82, 2.24) is 10.2 Å². The Balaban J connectivity index is 1.17. The number of nitrogens with one attached hydrogen (secondary N) is 1. The van der Waals surface area contributed by atoms with Crippen molar-refractivity contribution in [3.05, 3.63) is 23.8 Å². The van der Waals surface area contributed by atoms with Crippen molar-refractivity contribution in [3.8, 4) is 0 Å². The van der Waals surface area contributed by atoms with Crippen LogP contribution in [0.4, 0.5) is 4.39 Å². The Kier molecular flexibility index (Phi) is 15.7. The average Bonchev–Trinajstić information content (AvgIpc) is 3.44. The number of esters is 1. The highest BCUT2D eigenvalue weighted by Crippen LogP contribution is 2.71. The summed E-state index contributed by atoms with van der Waals surface area (Å²) in [4.78, 5) is 40.8. The second-order valence-corrected chi connectivity index (χ2v) is 22.0. The molecule has 0 radical (unpaired) electrons. The molecule has 6 N–H and O–H groups in total. The zero-order valence-electron chi connectivity index (χ0n) is 39.6. The van der Waals surface area contributed by atoms with Crippen LogP contribution in [0, 0.1) is 40.4 Å². The normalized spacial score (nSPS) is 48.5. The molecule has 19 atom stereocenters. The average molecular weight is 926 g/mol. The first-order chi connectivity index (χ1) is 29.9. The molecule has 64 heavy (non-hydrogen) atoms. The Morgan fingerprint density at radius 1 is 1.00 bits per heavy atom. The van der Waals surface area contributed by atoms with Crippen LogP contribution in [0.3, 0.4) is 0 Å². The number of rotatable bonds is 8. The van der Waals surface area contributed by atoms with Crippen molar-refractivity contribution >= 4 is 29.3 Å². The van der Waals surface area contributed by atoms with E-state index in [1.165, 1.54) is 19.1 Å². The summed E-state index contributed by atoms with van der Waals surface area (Å²) in [7, 11) is 0. The number of halogens is 2. The van der Waals surface area contributed by atoms with E-state index in [1.54, 1.807) is 47.6 Å². The number of aliphatic hydroxyl groups is 5. The predicted molar refractivity (Wildman–Crippen MR) is 240 cm³/mol. The summed E-state index contributed by atoms with van der Waals surface area (Å²) in [6.45, 7) is 17.1. The first kappa shape index (κ1) is 51.4. The molecule has 6 aliphatic rings. The molecule has 0 aromatic carbocycles. The molecule has 2 heterocycles. The van der Waals surface area contributed by atoms with Crippen molar-refractivity contribution in [1.29, 1.82) is 0 Å². The van der Waals surface area contributed by atoms with Crippen LogP contribution < -0.4 is 5.32 Å². The summed E-state index contributed by atoms with van der Waals surface area (Å²) in [6, 6.07) is -0.649. The third-order valence-electron chi connectivity index (χ3n) is 17.1. The second-order valence-electron chi connectivity index (χ2n) is 21.4. The first-order valence-corrected chi connectivity index (χ1v) is 24.6. The van der Waals surface area contributed by atoms with Gasteiger partial charge in [-0.3, -0.25) is 19.3 Å². The third kappa shape index (κ3) is 9.04. The quantitative estimate of drug-likeness (QED) is 0.105. The van der Waals surface area contributed by atoms with Gasteiger partial charge in [0.05, 0.1) is 35.2 Å². The SMILES string of the molecule is CC[C@H]1OC(=O)[C@H](C)C[C@H](C)C(O[C@H]2CCC[C@@H](C)O2)[C@H](O)CCCN(CCCNC(=O)[C@@]2(O)[C@H](C)CC3C4C[C@H](F)C5=CC(=O)C=C[C@]5(C)[C@@]4(Cl)[C@@H](O)C[C@@]32C)[C@H](C)[C@@H](O)[C@]1(C)O. The monoisotopic (exact) mass is 925 g/mol. The minimum Gasteiger partial charge on any atom is -0.459 e. The molecule has 2 aliphatic heterocycles. The zero-order valence-corrected chi connectivity index (χ0v) is 40.4. The number of amides is 1. The van der Waals surface area contributed by atoms with E-state index in [4.69, 9.17) is 25.8 Å². The molecule has 6 rings (SSSR count). The maximum Gasteiger partial charge on any atom is 0.309 e. The Bertz CT molecular complexity index is 1770. The molecule has 0 aromatic heterocycles. The van der Waals surface area contributed by atoms with E-state index >= 15 is 4.39 Å². The molecule has 364 valence electrons. The molecular formula is C49H78ClFN2O11. The summed E-state index contributed by atoms with van der Waals surface area (Å²) in [5, 5.41) is 62.9. The minimum absolute atomic E-state index is 0.00699. The summed E-state index contributed by atoms with van der Waals surface area (Å²) in [5.41, 5.74) is -5.78. The smallest absolute Gasteiger partial charge is 0.309 e. The molecule has 0 bridgehead atoms. The summed E-state index contributed by atoms with van der Waals surface area (Å²) in [6.07, 6.45) is 2.07. The molecular weight excluding hydrogens is 847 g/mol. The van der Waals surface area contributed by atoms with Gasteiger partial charge in [-0.15, -0.1) is 11.6 Å². The lowest BCUT2D eigenvalue weighted by molar-refractivity contribution is -0.236.